The Hall–Kier alpha value is -2.73. The first-order valence-corrected chi connectivity index (χ1v) is 10.2. The lowest BCUT2D eigenvalue weighted by atomic mass is 10.2. The van der Waals surface area contributed by atoms with Crippen molar-refractivity contribution in [1.29, 1.82) is 0 Å². The molecule has 4 nitrogen and oxygen atoms in total. The van der Waals surface area contributed by atoms with Crippen LogP contribution in [-0.2, 0) is 19.6 Å². The quantitative estimate of drug-likeness (QED) is 0.504. The third kappa shape index (κ3) is 7.59. The van der Waals surface area contributed by atoms with E-state index in [2.05, 4.69) is 22.3 Å². The molecule has 3 rings (SSSR count). The Kier molecular flexibility index (Phi) is 8.39. The summed E-state index contributed by atoms with van der Waals surface area (Å²) in [5, 5.41) is 13.6. The minimum absolute atomic E-state index is 0.218. The zero-order valence-corrected chi connectivity index (χ0v) is 17.3. The largest absolute Gasteiger partial charge is 0.491 e. The summed E-state index contributed by atoms with van der Waals surface area (Å²) in [6, 6.07) is 24.6. The molecular formula is C25H29FN2O2. The van der Waals surface area contributed by atoms with Gasteiger partial charge in [-0.15, -0.1) is 0 Å². The minimum Gasteiger partial charge on any atom is -0.491 e. The average Bonchev–Trinajstić information content (AvgIpc) is 2.74. The van der Waals surface area contributed by atoms with Crippen molar-refractivity contribution in [1.82, 2.24) is 10.2 Å². The molecule has 5 heteroatoms. The van der Waals surface area contributed by atoms with E-state index in [1.807, 2.05) is 55.6 Å². The van der Waals surface area contributed by atoms with Gasteiger partial charge < -0.3 is 15.2 Å². The highest BCUT2D eigenvalue weighted by Gasteiger charge is 2.10. The fraction of sp³-hybridized carbons (Fsp3) is 0.280. The number of nitrogens with one attached hydrogen (secondary N) is 1. The first-order chi connectivity index (χ1) is 14.6. The van der Waals surface area contributed by atoms with Gasteiger partial charge in [-0.25, -0.2) is 4.39 Å². The second-order valence-electron chi connectivity index (χ2n) is 7.52. The zero-order valence-electron chi connectivity index (χ0n) is 17.3. The summed E-state index contributed by atoms with van der Waals surface area (Å²) in [6.45, 7) is 2.87. The SMILES string of the molecule is CN(Cc1ccccc1)C[C@@H](O)COc1ccc(CNCc2cccc(F)c2)cc1. The number of likely N-dealkylation sites (N-methyl/N-ethyl adjacent to an activating group) is 1. The Labute approximate surface area is 177 Å². The predicted octanol–water partition coefficient (Wildman–Crippen LogP) is 3.99. The fourth-order valence-corrected chi connectivity index (χ4v) is 3.27. The molecule has 0 fully saturated rings. The number of benzene rings is 3. The van der Waals surface area contributed by atoms with Gasteiger partial charge in [0.15, 0.2) is 0 Å². The van der Waals surface area contributed by atoms with Crippen LogP contribution in [0.4, 0.5) is 4.39 Å². The third-order valence-corrected chi connectivity index (χ3v) is 4.73. The Morgan fingerprint density at radius 2 is 1.60 bits per heavy atom. The van der Waals surface area contributed by atoms with E-state index in [-0.39, 0.29) is 12.4 Å². The Morgan fingerprint density at radius 3 is 2.33 bits per heavy atom. The van der Waals surface area contributed by atoms with Gasteiger partial charge in [0.05, 0.1) is 0 Å². The van der Waals surface area contributed by atoms with Gasteiger partial charge in [-0.1, -0.05) is 54.6 Å². The van der Waals surface area contributed by atoms with Gasteiger partial charge in [-0.3, -0.25) is 4.90 Å². The number of aliphatic hydroxyl groups is 1. The summed E-state index contributed by atoms with van der Waals surface area (Å²) in [5.74, 6) is 0.512. The molecule has 158 valence electrons. The molecule has 3 aromatic rings. The van der Waals surface area contributed by atoms with Crippen LogP contribution in [0.5, 0.6) is 5.75 Å². The number of aliphatic hydroxyl groups excluding tert-OH is 1. The molecule has 30 heavy (non-hydrogen) atoms. The number of rotatable bonds is 11. The molecule has 0 radical (unpaired) electrons. The van der Waals surface area contributed by atoms with Gasteiger partial charge >= 0.3 is 0 Å². The maximum atomic E-state index is 13.2. The van der Waals surface area contributed by atoms with Crippen molar-refractivity contribution in [2.75, 3.05) is 20.2 Å². The van der Waals surface area contributed by atoms with Crippen molar-refractivity contribution in [3.63, 3.8) is 0 Å². The molecule has 1 atom stereocenters. The number of ether oxygens (including phenoxy) is 1. The lowest BCUT2D eigenvalue weighted by Gasteiger charge is -2.21. The van der Waals surface area contributed by atoms with Crippen molar-refractivity contribution in [3.8, 4) is 5.75 Å². The number of hydrogen-bond donors (Lipinski definition) is 2. The highest BCUT2D eigenvalue weighted by molar-refractivity contribution is 5.27. The second kappa shape index (κ2) is 11.5. The van der Waals surface area contributed by atoms with Crippen molar-refractivity contribution in [3.05, 3.63) is 101 Å². The first kappa shape index (κ1) is 22.0. The van der Waals surface area contributed by atoms with Crippen molar-refractivity contribution < 1.29 is 14.2 Å². The van der Waals surface area contributed by atoms with Gasteiger partial charge in [0.2, 0.25) is 0 Å². The van der Waals surface area contributed by atoms with Crippen molar-refractivity contribution in [2.45, 2.75) is 25.7 Å². The summed E-state index contributed by atoms with van der Waals surface area (Å²) >= 11 is 0. The van der Waals surface area contributed by atoms with Gasteiger partial charge in [0.25, 0.3) is 0 Å². The summed E-state index contributed by atoms with van der Waals surface area (Å²) in [7, 11) is 1.99. The van der Waals surface area contributed by atoms with Gasteiger partial charge in [-0.05, 0) is 48.0 Å². The van der Waals surface area contributed by atoms with Crippen LogP contribution in [0.15, 0.2) is 78.9 Å². The van der Waals surface area contributed by atoms with E-state index in [1.54, 1.807) is 6.07 Å². The Bertz CT molecular complexity index is 887. The number of halogens is 1. The van der Waals surface area contributed by atoms with Crippen LogP contribution in [-0.4, -0.2) is 36.3 Å². The van der Waals surface area contributed by atoms with E-state index in [0.29, 0.717) is 19.6 Å². The van der Waals surface area contributed by atoms with Gasteiger partial charge in [-0.2, -0.15) is 0 Å². The molecule has 3 aromatic carbocycles. The normalized spacial score (nSPS) is 12.1. The maximum Gasteiger partial charge on any atom is 0.123 e. The smallest absolute Gasteiger partial charge is 0.123 e. The average molecular weight is 409 g/mol. The highest BCUT2D eigenvalue weighted by Crippen LogP contribution is 2.13. The maximum absolute atomic E-state index is 13.2. The third-order valence-electron chi connectivity index (χ3n) is 4.73. The molecule has 0 spiro atoms. The Balaban J connectivity index is 1.36. The molecule has 0 aliphatic rings. The van der Waals surface area contributed by atoms with E-state index in [1.165, 1.54) is 17.7 Å². The van der Waals surface area contributed by atoms with Crippen LogP contribution >= 0.6 is 0 Å². The lowest BCUT2D eigenvalue weighted by Crippen LogP contribution is -2.32. The Morgan fingerprint density at radius 1 is 0.900 bits per heavy atom. The van der Waals surface area contributed by atoms with E-state index < -0.39 is 6.10 Å². The van der Waals surface area contributed by atoms with E-state index >= 15 is 0 Å². The molecule has 0 saturated heterocycles. The van der Waals surface area contributed by atoms with Crippen molar-refractivity contribution >= 4 is 0 Å². The monoisotopic (exact) mass is 408 g/mol. The van der Waals surface area contributed by atoms with Crippen LogP contribution in [0.2, 0.25) is 0 Å². The van der Waals surface area contributed by atoms with E-state index in [9.17, 15) is 9.50 Å². The molecule has 0 unspecified atom stereocenters. The number of nitrogens with zero attached hydrogens (tertiary/aromatic N) is 1. The number of hydrogen-bond acceptors (Lipinski definition) is 4. The van der Waals surface area contributed by atoms with Crippen LogP contribution in [0, 0.1) is 5.82 Å². The highest BCUT2D eigenvalue weighted by atomic mass is 19.1. The molecule has 2 N–H and O–H groups in total. The lowest BCUT2D eigenvalue weighted by molar-refractivity contribution is 0.0744. The molecule has 0 amide bonds. The molecular weight excluding hydrogens is 379 g/mol. The summed E-state index contributed by atoms with van der Waals surface area (Å²) < 4.78 is 18.9. The standard InChI is InChI=1S/C25H29FN2O2/c1-28(17-21-6-3-2-4-7-21)18-24(29)19-30-25-12-10-20(11-13-25)15-27-16-22-8-5-9-23(26)14-22/h2-14,24,27,29H,15-19H2,1H3/t24-/m1/s1. The van der Waals surface area contributed by atoms with E-state index in [4.69, 9.17) is 4.74 Å². The predicted molar refractivity (Wildman–Crippen MR) is 118 cm³/mol. The fourth-order valence-electron chi connectivity index (χ4n) is 3.27. The van der Waals surface area contributed by atoms with Gasteiger partial charge in [0, 0.05) is 26.2 Å². The van der Waals surface area contributed by atoms with Crippen LogP contribution in [0.1, 0.15) is 16.7 Å². The summed E-state index contributed by atoms with van der Waals surface area (Å²) in [6.07, 6.45) is -0.564. The summed E-state index contributed by atoms with van der Waals surface area (Å²) in [4.78, 5) is 2.08. The molecule has 0 aliphatic heterocycles. The van der Waals surface area contributed by atoms with Gasteiger partial charge in [0.1, 0.15) is 24.3 Å². The molecule has 0 aromatic heterocycles. The van der Waals surface area contributed by atoms with Crippen LogP contribution < -0.4 is 10.1 Å². The van der Waals surface area contributed by atoms with Crippen molar-refractivity contribution in [2.24, 2.45) is 0 Å². The van der Waals surface area contributed by atoms with Crippen LogP contribution in [0.3, 0.4) is 0 Å². The molecule has 0 saturated carbocycles. The van der Waals surface area contributed by atoms with E-state index in [0.717, 1.165) is 23.4 Å². The topological polar surface area (TPSA) is 44.7 Å². The molecule has 0 bridgehead atoms. The summed E-state index contributed by atoms with van der Waals surface area (Å²) in [5.41, 5.74) is 3.25. The second-order valence-corrected chi connectivity index (χ2v) is 7.52. The minimum atomic E-state index is -0.564. The van der Waals surface area contributed by atoms with Crippen LogP contribution in [0.25, 0.3) is 0 Å². The molecule has 0 heterocycles. The first-order valence-electron chi connectivity index (χ1n) is 10.2. The molecule has 0 aliphatic carbocycles. The zero-order chi connectivity index (χ0) is 21.2.